The van der Waals surface area contributed by atoms with E-state index in [1.165, 1.54) is 0 Å². The molecule has 3 rings (SSSR count). The lowest BCUT2D eigenvalue weighted by Crippen LogP contribution is -2.44. The summed E-state index contributed by atoms with van der Waals surface area (Å²) in [5.74, 6) is -0.348. The molecular formula is C18H25N3O3. The van der Waals surface area contributed by atoms with Crippen molar-refractivity contribution in [2.45, 2.75) is 31.3 Å². The number of hydrogen-bond acceptors (Lipinski definition) is 4. The van der Waals surface area contributed by atoms with Crippen LogP contribution in [0.2, 0.25) is 0 Å². The second-order valence-electron chi connectivity index (χ2n) is 6.44. The summed E-state index contributed by atoms with van der Waals surface area (Å²) in [4.78, 5) is 26.4. The number of likely N-dealkylation sites (tertiary alicyclic amines) is 1. The molecule has 2 aliphatic heterocycles. The Hall–Kier alpha value is -1.92. The minimum Gasteiger partial charge on any atom is -0.381 e. The molecule has 1 aromatic rings. The third-order valence-electron chi connectivity index (χ3n) is 4.74. The van der Waals surface area contributed by atoms with Crippen molar-refractivity contribution in [1.82, 2.24) is 15.5 Å². The fraction of sp³-hybridized carbons (Fsp3) is 0.556. The summed E-state index contributed by atoms with van der Waals surface area (Å²) in [6, 6.07) is 9.68. The number of rotatable bonds is 5. The lowest BCUT2D eigenvalue weighted by molar-refractivity contribution is -0.120. The van der Waals surface area contributed by atoms with Crippen LogP contribution in [-0.2, 0) is 9.53 Å². The normalized spacial score (nSPS) is 22.2. The molecular weight excluding hydrogens is 306 g/mol. The van der Waals surface area contributed by atoms with Crippen molar-refractivity contribution < 1.29 is 14.3 Å². The highest BCUT2D eigenvalue weighted by molar-refractivity contribution is 5.96. The molecule has 6 heteroatoms. The third kappa shape index (κ3) is 4.55. The van der Waals surface area contributed by atoms with E-state index in [0.717, 1.165) is 45.6 Å². The summed E-state index contributed by atoms with van der Waals surface area (Å²) >= 11 is 0. The van der Waals surface area contributed by atoms with Crippen molar-refractivity contribution in [2.24, 2.45) is 0 Å². The van der Waals surface area contributed by atoms with Gasteiger partial charge in [-0.05, 0) is 31.4 Å². The van der Waals surface area contributed by atoms with E-state index in [9.17, 15) is 9.59 Å². The minimum absolute atomic E-state index is 0.0154. The molecule has 0 aromatic heterocycles. The van der Waals surface area contributed by atoms with Gasteiger partial charge in [0.25, 0.3) is 5.91 Å². The second-order valence-corrected chi connectivity index (χ2v) is 6.44. The molecule has 0 spiro atoms. The molecule has 0 radical (unpaired) electrons. The van der Waals surface area contributed by atoms with E-state index in [0.29, 0.717) is 11.6 Å². The third-order valence-corrected chi connectivity index (χ3v) is 4.74. The van der Waals surface area contributed by atoms with E-state index in [4.69, 9.17) is 4.74 Å². The topological polar surface area (TPSA) is 70.7 Å². The van der Waals surface area contributed by atoms with Crippen LogP contribution in [0.15, 0.2) is 30.3 Å². The first-order chi connectivity index (χ1) is 11.7. The minimum atomic E-state index is -0.221. The predicted molar refractivity (Wildman–Crippen MR) is 90.7 cm³/mol. The van der Waals surface area contributed by atoms with Gasteiger partial charge in [0, 0.05) is 44.0 Å². The van der Waals surface area contributed by atoms with Crippen LogP contribution in [0.5, 0.6) is 0 Å². The van der Waals surface area contributed by atoms with Crippen LogP contribution >= 0.6 is 0 Å². The van der Waals surface area contributed by atoms with E-state index < -0.39 is 0 Å². The summed E-state index contributed by atoms with van der Waals surface area (Å²) in [6.45, 7) is 3.60. The van der Waals surface area contributed by atoms with E-state index in [1.54, 1.807) is 24.3 Å². The smallest absolute Gasteiger partial charge is 0.251 e. The Kier molecular flexibility index (Phi) is 5.82. The zero-order chi connectivity index (χ0) is 16.8. The molecule has 2 fully saturated rings. The number of amides is 2. The van der Waals surface area contributed by atoms with Gasteiger partial charge in [0.15, 0.2) is 0 Å². The van der Waals surface area contributed by atoms with Crippen molar-refractivity contribution >= 4 is 11.8 Å². The van der Waals surface area contributed by atoms with Gasteiger partial charge in [0.2, 0.25) is 5.91 Å². The van der Waals surface area contributed by atoms with Crippen LogP contribution in [0.1, 0.15) is 29.6 Å². The zero-order valence-corrected chi connectivity index (χ0v) is 13.9. The second kappa shape index (κ2) is 8.26. The molecule has 0 bridgehead atoms. The Balaban J connectivity index is 1.38. The van der Waals surface area contributed by atoms with Gasteiger partial charge in [-0.1, -0.05) is 18.2 Å². The Morgan fingerprint density at radius 3 is 2.62 bits per heavy atom. The highest BCUT2D eigenvalue weighted by Gasteiger charge is 2.30. The molecule has 1 atom stereocenters. The average Bonchev–Trinajstić information content (AvgIpc) is 3.09. The van der Waals surface area contributed by atoms with Gasteiger partial charge >= 0.3 is 0 Å². The Morgan fingerprint density at radius 1 is 1.12 bits per heavy atom. The molecule has 1 unspecified atom stereocenters. The molecule has 1 aromatic carbocycles. The molecule has 2 saturated heterocycles. The highest BCUT2D eigenvalue weighted by Crippen LogP contribution is 2.20. The summed E-state index contributed by atoms with van der Waals surface area (Å²) in [5, 5.41) is 5.69. The van der Waals surface area contributed by atoms with Gasteiger partial charge < -0.3 is 15.4 Å². The number of carbonyl (C=O) groups is 2. The van der Waals surface area contributed by atoms with Crippen LogP contribution < -0.4 is 10.6 Å². The Morgan fingerprint density at radius 2 is 1.88 bits per heavy atom. The molecule has 24 heavy (non-hydrogen) atoms. The van der Waals surface area contributed by atoms with Crippen molar-refractivity contribution in [3.05, 3.63) is 35.9 Å². The first-order valence-electron chi connectivity index (χ1n) is 8.67. The molecule has 2 heterocycles. The maximum Gasteiger partial charge on any atom is 0.251 e. The van der Waals surface area contributed by atoms with Crippen molar-refractivity contribution in [2.75, 3.05) is 32.8 Å². The molecule has 6 nitrogen and oxygen atoms in total. The maximum absolute atomic E-state index is 12.1. The number of nitrogens with one attached hydrogen (secondary N) is 2. The monoisotopic (exact) mass is 331 g/mol. The molecule has 2 aliphatic rings. The molecule has 0 aliphatic carbocycles. The number of hydrogen-bond donors (Lipinski definition) is 2. The van der Waals surface area contributed by atoms with Crippen molar-refractivity contribution in [3.8, 4) is 0 Å². The number of carbonyl (C=O) groups excluding carboxylic acids is 2. The zero-order valence-electron chi connectivity index (χ0n) is 13.9. The van der Waals surface area contributed by atoms with Crippen LogP contribution in [0.4, 0.5) is 0 Å². The number of nitrogens with zero attached hydrogens (tertiary/aromatic N) is 1. The van der Waals surface area contributed by atoms with Gasteiger partial charge in [0.1, 0.15) is 0 Å². The van der Waals surface area contributed by atoms with Crippen LogP contribution in [0, 0.1) is 0 Å². The van der Waals surface area contributed by atoms with E-state index in [2.05, 4.69) is 15.5 Å². The van der Waals surface area contributed by atoms with Crippen LogP contribution in [0.25, 0.3) is 0 Å². The van der Waals surface area contributed by atoms with Crippen molar-refractivity contribution in [1.29, 1.82) is 0 Å². The van der Waals surface area contributed by atoms with E-state index in [-0.39, 0.29) is 24.4 Å². The van der Waals surface area contributed by atoms with Crippen LogP contribution in [-0.4, -0.2) is 61.6 Å². The van der Waals surface area contributed by atoms with Crippen LogP contribution in [0.3, 0.4) is 0 Å². The quantitative estimate of drug-likeness (QED) is 0.837. The number of benzene rings is 1. The summed E-state index contributed by atoms with van der Waals surface area (Å²) in [6.07, 6.45) is 3.12. The molecule has 2 N–H and O–H groups in total. The largest absolute Gasteiger partial charge is 0.381 e. The van der Waals surface area contributed by atoms with Gasteiger partial charge in [-0.2, -0.15) is 0 Å². The average molecular weight is 331 g/mol. The molecule has 0 saturated carbocycles. The fourth-order valence-corrected chi connectivity index (χ4v) is 3.42. The summed E-state index contributed by atoms with van der Waals surface area (Å²) in [5.41, 5.74) is 0.567. The summed E-state index contributed by atoms with van der Waals surface area (Å²) < 4.78 is 5.40. The van der Waals surface area contributed by atoms with Gasteiger partial charge in [-0.3, -0.25) is 14.5 Å². The van der Waals surface area contributed by atoms with E-state index in [1.807, 2.05) is 6.07 Å². The highest BCUT2D eigenvalue weighted by atomic mass is 16.5. The molecule has 130 valence electrons. The summed E-state index contributed by atoms with van der Waals surface area (Å²) in [7, 11) is 0. The first kappa shape index (κ1) is 16.9. The first-order valence-corrected chi connectivity index (χ1v) is 8.67. The lowest BCUT2D eigenvalue weighted by atomic mass is 10.1. The molecule has 2 amide bonds. The number of ether oxygens (including phenoxy) is 1. The Bertz CT molecular complexity index is 558. The van der Waals surface area contributed by atoms with E-state index >= 15 is 0 Å². The standard InChI is InChI=1S/C18H25N3O3/c22-17(12-19-18(23)14-4-2-1-3-5-14)20-15-6-9-21(13-15)16-7-10-24-11-8-16/h1-5,15-16H,6-13H2,(H,19,23)(H,20,22). The maximum atomic E-state index is 12.1. The van der Waals surface area contributed by atoms with Gasteiger partial charge in [-0.25, -0.2) is 0 Å². The van der Waals surface area contributed by atoms with Crippen molar-refractivity contribution in [3.63, 3.8) is 0 Å². The SMILES string of the molecule is O=C(CNC(=O)c1ccccc1)NC1CCN(C2CCOCC2)C1. The predicted octanol–water partition coefficient (Wildman–Crippen LogP) is 0.786. The van der Waals surface area contributed by atoms with Gasteiger partial charge in [0.05, 0.1) is 6.54 Å². The Labute approximate surface area is 142 Å². The fourth-order valence-electron chi connectivity index (χ4n) is 3.42. The lowest BCUT2D eigenvalue weighted by Gasteiger charge is -2.31. The van der Waals surface area contributed by atoms with Gasteiger partial charge in [-0.15, -0.1) is 0 Å².